The number of amides is 1. The monoisotopic (exact) mass is 124 g/mol. The lowest BCUT2D eigenvalue weighted by atomic mass is 10.5. The summed E-state index contributed by atoms with van der Waals surface area (Å²) in [6.45, 7) is 0. The van der Waals surface area contributed by atoms with Gasteiger partial charge in [-0.15, -0.1) is 0 Å². The average Bonchev–Trinajstić information content (AvgIpc) is 1.82. The Balaban J connectivity index is 3.81. The van der Waals surface area contributed by atoms with Crippen LogP contribution in [0.25, 0.3) is 0 Å². The normalized spacial score (nSPS) is 9.00. The maximum Gasteiger partial charge on any atom is 0.246 e. The summed E-state index contributed by atoms with van der Waals surface area (Å²) in [5.74, 6) is -0.170. The van der Waals surface area contributed by atoms with Gasteiger partial charge < -0.3 is 4.90 Å². The average molecular weight is 124 g/mol. The van der Waals surface area contributed by atoms with Crippen molar-refractivity contribution in [3.8, 4) is 6.07 Å². The lowest BCUT2D eigenvalue weighted by molar-refractivity contribution is -0.123. The lowest BCUT2D eigenvalue weighted by Crippen LogP contribution is -2.18. The predicted molar refractivity (Wildman–Crippen MR) is 33.4 cm³/mol. The van der Waals surface area contributed by atoms with Gasteiger partial charge in [0.05, 0.1) is 6.07 Å². The van der Waals surface area contributed by atoms with Crippen molar-refractivity contribution in [3.05, 3.63) is 12.2 Å². The van der Waals surface area contributed by atoms with Crippen LogP contribution in [0.5, 0.6) is 0 Å². The van der Waals surface area contributed by atoms with Crippen molar-refractivity contribution < 1.29 is 4.79 Å². The van der Waals surface area contributed by atoms with Gasteiger partial charge in [0.25, 0.3) is 0 Å². The van der Waals surface area contributed by atoms with E-state index in [1.165, 1.54) is 11.0 Å². The molecule has 1 amide bonds. The van der Waals surface area contributed by atoms with Crippen LogP contribution in [-0.4, -0.2) is 24.9 Å². The molecule has 3 heteroatoms. The lowest BCUT2D eigenvalue weighted by Gasteiger charge is -2.03. The third kappa shape index (κ3) is 3.30. The largest absolute Gasteiger partial charge is 0.345 e. The molecule has 0 saturated heterocycles. The molecule has 0 heterocycles. The SMILES string of the molecule is CN(C)C(=O)/C=C/C#N. The second-order valence-corrected chi connectivity index (χ2v) is 1.70. The minimum Gasteiger partial charge on any atom is -0.345 e. The van der Waals surface area contributed by atoms with Gasteiger partial charge >= 0.3 is 0 Å². The van der Waals surface area contributed by atoms with E-state index in [-0.39, 0.29) is 5.91 Å². The Bertz CT molecular complexity index is 164. The van der Waals surface area contributed by atoms with E-state index in [0.29, 0.717) is 0 Å². The third-order valence-electron chi connectivity index (χ3n) is 0.741. The van der Waals surface area contributed by atoms with Gasteiger partial charge in [0.15, 0.2) is 0 Å². The first-order valence-corrected chi connectivity index (χ1v) is 2.46. The highest BCUT2D eigenvalue weighted by Crippen LogP contribution is 1.79. The molecule has 9 heavy (non-hydrogen) atoms. The molecule has 48 valence electrons. The summed E-state index contributed by atoms with van der Waals surface area (Å²) in [5, 5.41) is 7.99. The van der Waals surface area contributed by atoms with Gasteiger partial charge in [0, 0.05) is 26.2 Å². The zero-order valence-corrected chi connectivity index (χ0v) is 5.46. The van der Waals surface area contributed by atoms with Crippen LogP contribution in [0.1, 0.15) is 0 Å². The quantitative estimate of drug-likeness (QED) is 0.369. The van der Waals surface area contributed by atoms with Crippen molar-refractivity contribution in [3.63, 3.8) is 0 Å². The number of hydrogen-bond acceptors (Lipinski definition) is 2. The molecule has 0 N–H and O–H groups in total. The molecule has 0 radical (unpaired) electrons. The Kier molecular flexibility index (Phi) is 3.14. The molecule has 0 aliphatic heterocycles. The number of hydrogen-bond donors (Lipinski definition) is 0. The molecule has 0 aromatic carbocycles. The van der Waals surface area contributed by atoms with Crippen LogP contribution in [0.4, 0.5) is 0 Å². The van der Waals surface area contributed by atoms with Gasteiger partial charge in [-0.25, -0.2) is 0 Å². The molecule has 0 aliphatic rings. The highest BCUT2D eigenvalue weighted by molar-refractivity contribution is 5.87. The smallest absolute Gasteiger partial charge is 0.246 e. The molecule has 3 nitrogen and oxygen atoms in total. The van der Waals surface area contributed by atoms with E-state index in [1.807, 2.05) is 0 Å². The second-order valence-electron chi connectivity index (χ2n) is 1.70. The second kappa shape index (κ2) is 3.67. The molecule has 0 aromatic rings. The number of allylic oxidation sites excluding steroid dienone is 1. The Labute approximate surface area is 54.2 Å². The predicted octanol–water partition coefficient (Wildman–Crippen LogP) is 0.154. The van der Waals surface area contributed by atoms with Crippen LogP contribution in [0.2, 0.25) is 0 Å². The van der Waals surface area contributed by atoms with Gasteiger partial charge in [0.1, 0.15) is 0 Å². The Hall–Kier alpha value is -1.30. The van der Waals surface area contributed by atoms with E-state index in [9.17, 15) is 4.79 Å². The van der Waals surface area contributed by atoms with Crippen molar-refractivity contribution in [2.45, 2.75) is 0 Å². The summed E-state index contributed by atoms with van der Waals surface area (Å²) in [4.78, 5) is 12.0. The third-order valence-corrected chi connectivity index (χ3v) is 0.741. The fourth-order valence-electron chi connectivity index (χ4n) is 0.258. The zero-order chi connectivity index (χ0) is 7.28. The molecule has 0 fully saturated rings. The number of nitrogens with zero attached hydrogens (tertiary/aromatic N) is 2. The Morgan fingerprint density at radius 1 is 1.67 bits per heavy atom. The van der Waals surface area contributed by atoms with E-state index in [0.717, 1.165) is 6.08 Å². The fraction of sp³-hybridized carbons (Fsp3) is 0.333. The highest BCUT2D eigenvalue weighted by Gasteiger charge is 1.94. The van der Waals surface area contributed by atoms with Gasteiger partial charge in [-0.3, -0.25) is 4.79 Å². The minimum absolute atomic E-state index is 0.170. The number of nitriles is 1. The first-order valence-electron chi connectivity index (χ1n) is 2.46. The van der Waals surface area contributed by atoms with Crippen LogP contribution < -0.4 is 0 Å². The van der Waals surface area contributed by atoms with E-state index in [4.69, 9.17) is 5.26 Å². The van der Waals surface area contributed by atoms with Crippen LogP contribution in [0, 0.1) is 11.3 Å². The number of carbonyl (C=O) groups is 1. The highest BCUT2D eigenvalue weighted by atomic mass is 16.2. The van der Waals surface area contributed by atoms with Crippen molar-refractivity contribution >= 4 is 5.91 Å². The maximum absolute atomic E-state index is 10.6. The summed E-state index contributed by atoms with van der Waals surface area (Å²) in [6, 6.07) is 1.73. The molecule has 0 rings (SSSR count). The van der Waals surface area contributed by atoms with Crippen molar-refractivity contribution in [2.24, 2.45) is 0 Å². The van der Waals surface area contributed by atoms with E-state index >= 15 is 0 Å². The molecule has 0 bridgehead atoms. The first kappa shape index (κ1) is 7.70. The number of rotatable bonds is 1. The molecular weight excluding hydrogens is 116 g/mol. The van der Waals surface area contributed by atoms with E-state index < -0.39 is 0 Å². The summed E-state index contributed by atoms with van der Waals surface area (Å²) >= 11 is 0. The molecule has 0 unspecified atom stereocenters. The van der Waals surface area contributed by atoms with Crippen LogP contribution in [-0.2, 0) is 4.79 Å². The summed E-state index contributed by atoms with van der Waals surface area (Å²) in [7, 11) is 3.26. The van der Waals surface area contributed by atoms with Gasteiger partial charge in [0.2, 0.25) is 5.91 Å². The molecule has 0 aliphatic carbocycles. The van der Waals surface area contributed by atoms with Crippen LogP contribution in [0.3, 0.4) is 0 Å². The number of carbonyl (C=O) groups excluding carboxylic acids is 1. The minimum atomic E-state index is -0.170. The summed E-state index contributed by atoms with van der Waals surface area (Å²) in [5.41, 5.74) is 0. The summed E-state index contributed by atoms with van der Waals surface area (Å²) in [6.07, 6.45) is 2.38. The van der Waals surface area contributed by atoms with E-state index in [1.54, 1.807) is 20.2 Å². The molecule has 0 saturated carbocycles. The van der Waals surface area contributed by atoms with Crippen molar-refractivity contribution in [1.29, 1.82) is 5.26 Å². The van der Waals surface area contributed by atoms with Gasteiger partial charge in [-0.05, 0) is 0 Å². The summed E-state index contributed by atoms with van der Waals surface area (Å²) < 4.78 is 0. The standard InChI is InChI=1S/C6H8N2O/c1-8(2)6(9)4-3-5-7/h3-4H,1-2H3/b4-3+. The number of likely N-dealkylation sites (N-methyl/N-ethyl adjacent to an activating group) is 1. The zero-order valence-electron chi connectivity index (χ0n) is 5.46. The molecule has 0 aromatic heterocycles. The van der Waals surface area contributed by atoms with Gasteiger partial charge in [-0.2, -0.15) is 5.26 Å². The Morgan fingerprint density at radius 2 is 2.22 bits per heavy atom. The molecule has 0 spiro atoms. The first-order chi connectivity index (χ1) is 4.18. The van der Waals surface area contributed by atoms with Crippen LogP contribution in [0.15, 0.2) is 12.2 Å². The fourth-order valence-corrected chi connectivity index (χ4v) is 0.258. The van der Waals surface area contributed by atoms with Crippen molar-refractivity contribution in [2.75, 3.05) is 14.1 Å². The van der Waals surface area contributed by atoms with Crippen molar-refractivity contribution in [1.82, 2.24) is 4.90 Å². The Morgan fingerprint density at radius 3 is 2.56 bits per heavy atom. The topological polar surface area (TPSA) is 44.1 Å². The molecule has 0 atom stereocenters. The maximum atomic E-state index is 10.6. The van der Waals surface area contributed by atoms with Crippen LogP contribution >= 0.6 is 0 Å². The molecular formula is C6H8N2O. The van der Waals surface area contributed by atoms with E-state index in [2.05, 4.69) is 0 Å². The van der Waals surface area contributed by atoms with Gasteiger partial charge in [-0.1, -0.05) is 0 Å².